The SMILES string of the molecule is O=C(CSc1nnc(CNC(=O)c2cc(Cl)ccc2Cl)n1-c1ccc(F)cc1)Nc1cc(C(F)(F)F)ccc1Cl. The van der Waals surface area contributed by atoms with Crippen molar-refractivity contribution in [1.29, 1.82) is 0 Å². The topological polar surface area (TPSA) is 88.9 Å². The van der Waals surface area contributed by atoms with Gasteiger partial charge in [-0.05, 0) is 60.7 Å². The Kier molecular flexibility index (Phi) is 9.24. The summed E-state index contributed by atoms with van der Waals surface area (Å²) in [6.07, 6.45) is -4.62. The number of aromatic nitrogens is 3. The van der Waals surface area contributed by atoms with Crippen LogP contribution in [-0.2, 0) is 17.5 Å². The number of nitrogens with one attached hydrogen (secondary N) is 2. The molecule has 0 spiro atoms. The molecule has 0 radical (unpaired) electrons. The smallest absolute Gasteiger partial charge is 0.345 e. The fourth-order valence-electron chi connectivity index (χ4n) is 3.40. The van der Waals surface area contributed by atoms with Crippen molar-refractivity contribution in [2.75, 3.05) is 11.1 Å². The fraction of sp³-hybridized carbons (Fsp3) is 0.120. The summed E-state index contributed by atoms with van der Waals surface area (Å²) < 4.78 is 54.2. The van der Waals surface area contributed by atoms with Gasteiger partial charge in [0.05, 0.1) is 39.2 Å². The van der Waals surface area contributed by atoms with E-state index in [9.17, 15) is 27.2 Å². The average Bonchev–Trinajstić information content (AvgIpc) is 3.31. The Hall–Kier alpha value is -3.32. The maximum atomic E-state index is 13.6. The standard InChI is InChI=1S/C25H16Cl3F4N5O2S/c26-14-2-8-18(27)17(10-14)23(39)33-11-21-35-36-24(37(21)16-5-3-15(29)4-6-16)40-12-22(38)34-20-9-13(25(30,31)32)1-7-19(20)28/h1-10H,11-12H2,(H,33,39)(H,34,38). The van der Waals surface area contributed by atoms with E-state index in [2.05, 4.69) is 20.8 Å². The van der Waals surface area contributed by atoms with E-state index in [0.29, 0.717) is 10.7 Å². The number of carbonyl (C=O) groups is 2. The van der Waals surface area contributed by atoms with Gasteiger partial charge in [0.15, 0.2) is 11.0 Å². The Morgan fingerprint density at radius 1 is 0.925 bits per heavy atom. The van der Waals surface area contributed by atoms with Crippen LogP contribution in [0, 0.1) is 5.82 Å². The van der Waals surface area contributed by atoms with Crippen LogP contribution in [0.4, 0.5) is 23.2 Å². The first-order chi connectivity index (χ1) is 18.9. The van der Waals surface area contributed by atoms with Crippen molar-refractivity contribution >= 4 is 64.1 Å². The summed E-state index contributed by atoms with van der Waals surface area (Å²) in [7, 11) is 0. The van der Waals surface area contributed by atoms with Crippen LogP contribution in [0.3, 0.4) is 0 Å². The second-order valence-corrected chi connectivity index (χ2v) is 10.2. The second kappa shape index (κ2) is 12.5. The van der Waals surface area contributed by atoms with Crippen molar-refractivity contribution in [3.8, 4) is 5.69 Å². The summed E-state index contributed by atoms with van der Waals surface area (Å²) in [4.78, 5) is 25.3. The van der Waals surface area contributed by atoms with Crippen LogP contribution in [0.5, 0.6) is 0 Å². The van der Waals surface area contributed by atoms with Crippen LogP contribution in [0.15, 0.2) is 65.8 Å². The minimum absolute atomic E-state index is 0.0707. The van der Waals surface area contributed by atoms with Gasteiger partial charge in [0.25, 0.3) is 5.91 Å². The molecule has 7 nitrogen and oxygen atoms in total. The van der Waals surface area contributed by atoms with Gasteiger partial charge in [0.1, 0.15) is 5.82 Å². The number of alkyl halides is 3. The number of benzene rings is 3. The maximum absolute atomic E-state index is 13.6. The normalized spacial score (nSPS) is 11.4. The minimum atomic E-state index is -4.62. The van der Waals surface area contributed by atoms with Crippen LogP contribution in [-0.4, -0.2) is 32.3 Å². The molecule has 0 saturated heterocycles. The highest BCUT2D eigenvalue weighted by atomic mass is 35.5. The van der Waals surface area contributed by atoms with E-state index >= 15 is 0 Å². The summed E-state index contributed by atoms with van der Waals surface area (Å²) >= 11 is 18.9. The molecule has 0 fully saturated rings. The molecule has 40 heavy (non-hydrogen) atoms. The molecule has 0 atom stereocenters. The Bertz CT molecular complexity index is 1570. The quantitative estimate of drug-likeness (QED) is 0.161. The first-order valence-corrected chi connectivity index (χ1v) is 13.3. The highest BCUT2D eigenvalue weighted by molar-refractivity contribution is 7.99. The van der Waals surface area contributed by atoms with Crippen molar-refractivity contribution < 1.29 is 27.2 Å². The zero-order valence-electron chi connectivity index (χ0n) is 19.9. The van der Waals surface area contributed by atoms with E-state index in [1.54, 1.807) is 0 Å². The summed E-state index contributed by atoms with van der Waals surface area (Å²) in [6, 6.07) is 12.3. The third-order valence-electron chi connectivity index (χ3n) is 5.27. The monoisotopic (exact) mass is 631 g/mol. The molecule has 2 N–H and O–H groups in total. The van der Waals surface area contributed by atoms with Crippen molar-refractivity contribution in [3.05, 3.63) is 98.5 Å². The van der Waals surface area contributed by atoms with Gasteiger partial charge in [0.2, 0.25) is 5.91 Å². The average molecular weight is 633 g/mol. The molecule has 2 amide bonds. The van der Waals surface area contributed by atoms with Crippen LogP contribution in [0.2, 0.25) is 15.1 Å². The molecule has 4 aromatic rings. The predicted octanol–water partition coefficient (Wildman–Crippen LogP) is 7.05. The van der Waals surface area contributed by atoms with Gasteiger partial charge in [-0.1, -0.05) is 46.6 Å². The van der Waals surface area contributed by atoms with Gasteiger partial charge in [0, 0.05) is 10.7 Å². The number of hydrogen-bond donors (Lipinski definition) is 2. The summed E-state index contributed by atoms with van der Waals surface area (Å²) in [5, 5.41) is 13.8. The lowest BCUT2D eigenvalue weighted by atomic mass is 10.2. The molecule has 1 aromatic heterocycles. The number of nitrogens with zero attached hydrogens (tertiary/aromatic N) is 3. The highest BCUT2D eigenvalue weighted by Crippen LogP contribution is 2.34. The number of thioether (sulfide) groups is 1. The van der Waals surface area contributed by atoms with Crippen molar-refractivity contribution in [2.45, 2.75) is 17.9 Å². The lowest BCUT2D eigenvalue weighted by molar-refractivity contribution is -0.137. The van der Waals surface area contributed by atoms with E-state index in [-0.39, 0.29) is 44.6 Å². The molecule has 0 aliphatic rings. The first kappa shape index (κ1) is 29.7. The van der Waals surface area contributed by atoms with E-state index in [1.165, 1.54) is 47.0 Å². The van der Waals surface area contributed by atoms with Crippen LogP contribution in [0.1, 0.15) is 21.7 Å². The van der Waals surface area contributed by atoms with E-state index in [4.69, 9.17) is 34.8 Å². The third kappa shape index (κ3) is 7.25. The molecule has 4 rings (SSSR count). The molecule has 0 aliphatic carbocycles. The van der Waals surface area contributed by atoms with E-state index < -0.39 is 29.4 Å². The molecule has 0 bridgehead atoms. The van der Waals surface area contributed by atoms with Crippen molar-refractivity contribution in [3.63, 3.8) is 0 Å². The molecule has 208 valence electrons. The Balaban J connectivity index is 1.52. The van der Waals surface area contributed by atoms with E-state index in [1.807, 2.05) is 0 Å². The zero-order chi connectivity index (χ0) is 29.0. The number of anilines is 1. The summed E-state index contributed by atoms with van der Waals surface area (Å²) in [5.74, 6) is -1.73. The van der Waals surface area contributed by atoms with Gasteiger partial charge in [-0.15, -0.1) is 10.2 Å². The van der Waals surface area contributed by atoms with Crippen LogP contribution < -0.4 is 10.6 Å². The summed E-state index contributed by atoms with van der Waals surface area (Å²) in [6.45, 7) is -0.126. The van der Waals surface area contributed by atoms with Gasteiger partial charge in [-0.2, -0.15) is 13.2 Å². The molecule has 0 unspecified atom stereocenters. The Morgan fingerprint density at radius 3 is 2.33 bits per heavy atom. The van der Waals surface area contributed by atoms with Gasteiger partial charge in [-0.25, -0.2) is 4.39 Å². The number of halogens is 7. The fourth-order valence-corrected chi connectivity index (χ4v) is 4.71. The number of carbonyl (C=O) groups excluding carboxylic acids is 2. The van der Waals surface area contributed by atoms with E-state index in [0.717, 1.165) is 30.0 Å². The molecular weight excluding hydrogens is 617 g/mol. The maximum Gasteiger partial charge on any atom is 0.416 e. The summed E-state index contributed by atoms with van der Waals surface area (Å²) in [5.41, 5.74) is -0.603. The minimum Gasteiger partial charge on any atom is -0.345 e. The third-order valence-corrected chi connectivity index (χ3v) is 7.09. The number of rotatable bonds is 8. The molecule has 15 heteroatoms. The lowest BCUT2D eigenvalue weighted by Crippen LogP contribution is -2.25. The molecular formula is C25H16Cl3F4N5O2S. The first-order valence-electron chi connectivity index (χ1n) is 11.2. The highest BCUT2D eigenvalue weighted by Gasteiger charge is 2.31. The number of hydrogen-bond acceptors (Lipinski definition) is 5. The number of amides is 2. The molecule has 3 aromatic carbocycles. The largest absolute Gasteiger partial charge is 0.416 e. The van der Waals surface area contributed by atoms with Gasteiger partial charge < -0.3 is 10.6 Å². The Labute approximate surface area is 243 Å². The lowest BCUT2D eigenvalue weighted by Gasteiger charge is -2.13. The molecule has 1 heterocycles. The van der Waals surface area contributed by atoms with Crippen molar-refractivity contribution in [1.82, 2.24) is 20.1 Å². The van der Waals surface area contributed by atoms with Gasteiger partial charge in [-0.3, -0.25) is 14.2 Å². The second-order valence-electron chi connectivity index (χ2n) is 8.05. The van der Waals surface area contributed by atoms with Crippen LogP contribution >= 0.6 is 46.6 Å². The Morgan fingerprint density at radius 2 is 1.62 bits per heavy atom. The molecule has 0 aliphatic heterocycles. The van der Waals surface area contributed by atoms with Crippen LogP contribution in [0.25, 0.3) is 5.69 Å². The van der Waals surface area contributed by atoms with Crippen molar-refractivity contribution in [2.24, 2.45) is 0 Å². The predicted molar refractivity (Wildman–Crippen MR) is 145 cm³/mol. The van der Waals surface area contributed by atoms with Gasteiger partial charge >= 0.3 is 6.18 Å². The molecule has 0 saturated carbocycles. The zero-order valence-corrected chi connectivity index (χ0v) is 23.0.